The Bertz CT molecular complexity index is 555. The number of halogens is 1. The van der Waals surface area contributed by atoms with Gasteiger partial charge in [0.1, 0.15) is 0 Å². The zero-order valence-corrected chi connectivity index (χ0v) is 12.9. The number of hydrogen-bond acceptors (Lipinski definition) is 2. The summed E-state index contributed by atoms with van der Waals surface area (Å²) >= 11 is 5.79. The molecule has 1 heterocycles. The largest absolute Gasteiger partial charge is 0.386 e. The fourth-order valence-corrected chi connectivity index (χ4v) is 2.16. The Morgan fingerprint density at radius 2 is 1.75 bits per heavy atom. The molecule has 0 aliphatic heterocycles. The Balaban J connectivity index is 2.08. The van der Waals surface area contributed by atoms with Gasteiger partial charge in [-0.2, -0.15) is 0 Å². The van der Waals surface area contributed by atoms with Gasteiger partial charge in [-0.05, 0) is 28.7 Å². The number of benzene rings is 1. The summed E-state index contributed by atoms with van der Waals surface area (Å²) in [5.41, 5.74) is 3.19. The lowest BCUT2D eigenvalue weighted by Gasteiger charge is -2.19. The summed E-state index contributed by atoms with van der Waals surface area (Å²) < 4.78 is 0. The molecule has 1 aromatic heterocycles. The highest BCUT2D eigenvalue weighted by atomic mass is 35.5. The molecule has 0 bridgehead atoms. The second-order valence-corrected chi connectivity index (χ2v) is 6.50. The molecule has 20 heavy (non-hydrogen) atoms. The van der Waals surface area contributed by atoms with E-state index in [4.69, 9.17) is 11.6 Å². The van der Waals surface area contributed by atoms with Crippen LogP contribution in [0.5, 0.6) is 0 Å². The maximum atomic E-state index is 10.2. The van der Waals surface area contributed by atoms with E-state index in [1.54, 1.807) is 18.3 Å². The number of hydrogen-bond donors (Lipinski definition) is 1. The quantitative estimate of drug-likeness (QED) is 0.913. The summed E-state index contributed by atoms with van der Waals surface area (Å²) in [5, 5.41) is 10.8. The van der Waals surface area contributed by atoms with Gasteiger partial charge in [0.25, 0.3) is 0 Å². The van der Waals surface area contributed by atoms with Gasteiger partial charge in [-0.3, -0.25) is 4.98 Å². The molecular weight excluding hydrogens is 270 g/mol. The molecule has 1 atom stereocenters. The predicted molar refractivity (Wildman–Crippen MR) is 83.1 cm³/mol. The molecule has 0 aliphatic rings. The molecule has 3 heteroatoms. The average molecular weight is 290 g/mol. The van der Waals surface area contributed by atoms with Gasteiger partial charge in [0.2, 0.25) is 0 Å². The molecule has 0 saturated carbocycles. The molecular formula is C17H20ClNO. The zero-order chi connectivity index (χ0) is 14.8. The molecule has 106 valence electrons. The molecule has 1 unspecified atom stereocenters. The maximum absolute atomic E-state index is 10.2. The van der Waals surface area contributed by atoms with Gasteiger partial charge in [0, 0.05) is 12.6 Å². The lowest BCUT2D eigenvalue weighted by atomic mass is 9.86. The van der Waals surface area contributed by atoms with Crippen molar-refractivity contribution in [3.8, 4) is 0 Å². The van der Waals surface area contributed by atoms with Crippen LogP contribution in [0.25, 0.3) is 0 Å². The molecule has 2 aromatic rings. The molecule has 0 spiro atoms. The van der Waals surface area contributed by atoms with E-state index in [0.717, 1.165) is 5.56 Å². The molecule has 0 amide bonds. The fraction of sp³-hybridized carbons (Fsp3) is 0.353. The lowest BCUT2D eigenvalue weighted by Crippen LogP contribution is -2.11. The second kappa shape index (κ2) is 5.94. The molecule has 0 fully saturated rings. The van der Waals surface area contributed by atoms with Crippen molar-refractivity contribution < 1.29 is 5.11 Å². The third-order valence-electron chi connectivity index (χ3n) is 3.34. The van der Waals surface area contributed by atoms with E-state index in [0.29, 0.717) is 17.1 Å². The first kappa shape index (κ1) is 15.0. The summed E-state index contributed by atoms with van der Waals surface area (Å²) in [4.78, 5) is 4.15. The van der Waals surface area contributed by atoms with E-state index in [9.17, 15) is 5.11 Å². The standard InChI is InChI=1S/C17H20ClNO/c1-17(2,3)13-6-4-12(5-7-13)10-16(20)15-9-8-14(18)11-19-15/h4-9,11,16,20H,10H2,1-3H3. The minimum absolute atomic E-state index is 0.148. The highest BCUT2D eigenvalue weighted by Crippen LogP contribution is 2.24. The topological polar surface area (TPSA) is 33.1 Å². The van der Waals surface area contributed by atoms with Gasteiger partial charge in [0.15, 0.2) is 0 Å². The number of aromatic nitrogens is 1. The molecule has 2 rings (SSSR count). The van der Waals surface area contributed by atoms with Crippen molar-refractivity contribution >= 4 is 11.6 Å². The average Bonchev–Trinajstić information content (AvgIpc) is 2.39. The van der Waals surface area contributed by atoms with Gasteiger partial charge in [-0.1, -0.05) is 56.6 Å². The van der Waals surface area contributed by atoms with Crippen LogP contribution < -0.4 is 0 Å². The SMILES string of the molecule is CC(C)(C)c1ccc(CC(O)c2ccc(Cl)cn2)cc1. The van der Waals surface area contributed by atoms with E-state index >= 15 is 0 Å². The van der Waals surface area contributed by atoms with Crippen molar-refractivity contribution in [3.63, 3.8) is 0 Å². The molecule has 0 aliphatic carbocycles. The van der Waals surface area contributed by atoms with Crippen LogP contribution in [0.2, 0.25) is 5.02 Å². The minimum Gasteiger partial charge on any atom is -0.386 e. The van der Waals surface area contributed by atoms with Gasteiger partial charge in [-0.25, -0.2) is 0 Å². The number of nitrogens with zero attached hydrogens (tertiary/aromatic N) is 1. The first-order valence-corrected chi connectivity index (χ1v) is 7.13. The van der Waals surface area contributed by atoms with E-state index in [1.807, 2.05) is 0 Å². The van der Waals surface area contributed by atoms with E-state index in [-0.39, 0.29) is 5.41 Å². The van der Waals surface area contributed by atoms with E-state index in [1.165, 1.54) is 5.56 Å². The smallest absolute Gasteiger partial charge is 0.0999 e. The van der Waals surface area contributed by atoms with Crippen molar-refractivity contribution in [2.75, 3.05) is 0 Å². The molecule has 1 N–H and O–H groups in total. The van der Waals surface area contributed by atoms with Crippen LogP contribution in [0, 0.1) is 0 Å². The number of aliphatic hydroxyl groups excluding tert-OH is 1. The number of rotatable bonds is 3. The summed E-state index contributed by atoms with van der Waals surface area (Å²) in [6.07, 6.45) is 1.51. The summed E-state index contributed by atoms with van der Waals surface area (Å²) in [6, 6.07) is 11.9. The van der Waals surface area contributed by atoms with Crippen LogP contribution in [-0.4, -0.2) is 10.1 Å². The van der Waals surface area contributed by atoms with Crippen LogP contribution in [0.1, 0.15) is 43.7 Å². The Morgan fingerprint density at radius 1 is 1.10 bits per heavy atom. The Hall–Kier alpha value is -1.38. The van der Waals surface area contributed by atoms with Gasteiger partial charge in [0.05, 0.1) is 16.8 Å². The molecule has 0 radical (unpaired) electrons. The summed E-state index contributed by atoms with van der Waals surface area (Å²) in [6.45, 7) is 6.57. The van der Waals surface area contributed by atoms with Crippen LogP contribution in [-0.2, 0) is 11.8 Å². The normalized spacial score (nSPS) is 13.2. The molecule has 2 nitrogen and oxygen atoms in total. The van der Waals surface area contributed by atoms with Crippen LogP contribution in [0.3, 0.4) is 0 Å². The summed E-state index contributed by atoms with van der Waals surface area (Å²) in [5.74, 6) is 0. The van der Waals surface area contributed by atoms with Crippen molar-refractivity contribution in [2.45, 2.75) is 38.7 Å². The van der Waals surface area contributed by atoms with Crippen LogP contribution in [0.15, 0.2) is 42.6 Å². The van der Waals surface area contributed by atoms with Gasteiger partial charge in [-0.15, -0.1) is 0 Å². The maximum Gasteiger partial charge on any atom is 0.0999 e. The molecule has 0 saturated heterocycles. The van der Waals surface area contributed by atoms with Gasteiger partial charge >= 0.3 is 0 Å². The lowest BCUT2D eigenvalue weighted by molar-refractivity contribution is 0.173. The number of aliphatic hydroxyl groups is 1. The van der Waals surface area contributed by atoms with Crippen molar-refractivity contribution in [3.05, 3.63) is 64.4 Å². The van der Waals surface area contributed by atoms with E-state index in [2.05, 4.69) is 50.0 Å². The monoisotopic (exact) mass is 289 g/mol. The minimum atomic E-state index is -0.604. The van der Waals surface area contributed by atoms with Crippen molar-refractivity contribution in [2.24, 2.45) is 0 Å². The van der Waals surface area contributed by atoms with Crippen LogP contribution in [0.4, 0.5) is 0 Å². The first-order valence-electron chi connectivity index (χ1n) is 6.75. The second-order valence-electron chi connectivity index (χ2n) is 6.07. The third kappa shape index (κ3) is 3.81. The Kier molecular flexibility index (Phi) is 4.46. The predicted octanol–water partition coefficient (Wildman–Crippen LogP) is 4.31. The highest BCUT2D eigenvalue weighted by molar-refractivity contribution is 6.30. The third-order valence-corrected chi connectivity index (χ3v) is 3.56. The van der Waals surface area contributed by atoms with Gasteiger partial charge < -0.3 is 5.11 Å². The summed E-state index contributed by atoms with van der Waals surface area (Å²) in [7, 11) is 0. The van der Waals surface area contributed by atoms with E-state index < -0.39 is 6.10 Å². The van der Waals surface area contributed by atoms with Crippen molar-refractivity contribution in [1.82, 2.24) is 4.98 Å². The zero-order valence-electron chi connectivity index (χ0n) is 12.1. The van der Waals surface area contributed by atoms with Crippen molar-refractivity contribution in [1.29, 1.82) is 0 Å². The number of pyridine rings is 1. The highest BCUT2D eigenvalue weighted by Gasteiger charge is 2.14. The Labute approximate surface area is 125 Å². The van der Waals surface area contributed by atoms with Crippen LogP contribution >= 0.6 is 11.6 Å². The first-order chi connectivity index (χ1) is 9.36. The Morgan fingerprint density at radius 3 is 2.25 bits per heavy atom. The molecule has 1 aromatic carbocycles. The fourth-order valence-electron chi connectivity index (χ4n) is 2.05.